The molecule has 2 aromatic rings. The molecule has 0 spiro atoms. The van der Waals surface area contributed by atoms with Crippen molar-refractivity contribution in [3.05, 3.63) is 40.4 Å². The number of nitrogens with one attached hydrogen (secondary N) is 1. The second-order valence-electron chi connectivity index (χ2n) is 6.65. The number of para-hydroxylation sites is 1. The molecule has 1 aromatic heterocycles. The number of rotatable bonds is 8. The summed E-state index contributed by atoms with van der Waals surface area (Å²) in [5.41, 5.74) is 0.633. The number of aromatic nitrogens is 2. The van der Waals surface area contributed by atoms with Gasteiger partial charge in [-0.05, 0) is 37.9 Å². The summed E-state index contributed by atoms with van der Waals surface area (Å²) in [6.45, 7) is 7.56. The maximum atomic E-state index is 12.9. The van der Waals surface area contributed by atoms with E-state index < -0.39 is 0 Å². The Hall–Kier alpha value is -2.21. The summed E-state index contributed by atoms with van der Waals surface area (Å²) >= 11 is 0. The summed E-state index contributed by atoms with van der Waals surface area (Å²) in [5.74, 6) is 0.936. The van der Waals surface area contributed by atoms with Crippen molar-refractivity contribution in [2.75, 3.05) is 13.7 Å². The Morgan fingerprint density at radius 1 is 1.28 bits per heavy atom. The third-order valence-electron chi connectivity index (χ3n) is 4.10. The minimum atomic E-state index is -0.269. The summed E-state index contributed by atoms with van der Waals surface area (Å²) < 4.78 is 6.36. The van der Waals surface area contributed by atoms with Crippen LogP contribution in [0.1, 0.15) is 45.5 Å². The van der Waals surface area contributed by atoms with Crippen molar-refractivity contribution < 1.29 is 9.53 Å². The lowest BCUT2D eigenvalue weighted by molar-refractivity contribution is -0.140. The van der Waals surface area contributed by atoms with E-state index in [1.807, 2.05) is 25.1 Å². The molecule has 1 atom stereocenters. The first-order valence-corrected chi connectivity index (χ1v) is 8.73. The van der Waals surface area contributed by atoms with Gasteiger partial charge in [0.2, 0.25) is 0 Å². The van der Waals surface area contributed by atoms with Gasteiger partial charge in [-0.1, -0.05) is 26.0 Å². The van der Waals surface area contributed by atoms with E-state index in [0.29, 0.717) is 35.6 Å². The van der Waals surface area contributed by atoms with E-state index in [9.17, 15) is 9.59 Å². The van der Waals surface area contributed by atoms with E-state index in [0.717, 1.165) is 6.54 Å². The number of ether oxygens (including phenoxy) is 1. The molecule has 0 saturated carbocycles. The van der Waals surface area contributed by atoms with E-state index in [1.54, 1.807) is 10.6 Å². The van der Waals surface area contributed by atoms with Gasteiger partial charge in [0.15, 0.2) is 0 Å². The number of methoxy groups -OCH3 is 1. The van der Waals surface area contributed by atoms with Crippen LogP contribution in [0.2, 0.25) is 0 Å². The van der Waals surface area contributed by atoms with Gasteiger partial charge in [0.05, 0.1) is 24.1 Å². The molecule has 0 aliphatic rings. The van der Waals surface area contributed by atoms with E-state index in [1.165, 1.54) is 7.11 Å². The Morgan fingerprint density at radius 2 is 2.00 bits per heavy atom. The highest BCUT2D eigenvalue weighted by atomic mass is 16.5. The Kier molecular flexibility index (Phi) is 6.70. The topological polar surface area (TPSA) is 73.2 Å². The number of benzene rings is 1. The zero-order valence-corrected chi connectivity index (χ0v) is 15.4. The van der Waals surface area contributed by atoms with Crippen LogP contribution in [-0.4, -0.2) is 29.2 Å². The lowest BCUT2D eigenvalue weighted by Gasteiger charge is -2.20. The largest absolute Gasteiger partial charge is 0.469 e. The summed E-state index contributed by atoms with van der Waals surface area (Å²) in [6, 6.07) is 7.31. The predicted molar refractivity (Wildman–Crippen MR) is 98.5 cm³/mol. The average molecular weight is 345 g/mol. The van der Waals surface area contributed by atoms with Gasteiger partial charge in [-0.25, -0.2) is 4.98 Å². The van der Waals surface area contributed by atoms with Gasteiger partial charge in [-0.2, -0.15) is 0 Å². The minimum absolute atomic E-state index is 0.0576. The molecule has 0 saturated heterocycles. The molecule has 6 nitrogen and oxygen atoms in total. The molecule has 0 bridgehead atoms. The molecule has 0 amide bonds. The van der Waals surface area contributed by atoms with Crippen molar-refractivity contribution in [2.24, 2.45) is 5.92 Å². The number of carbonyl (C=O) groups excluding carboxylic acids is 1. The molecule has 0 aliphatic carbocycles. The van der Waals surface area contributed by atoms with Gasteiger partial charge in [0.25, 0.3) is 5.56 Å². The molecule has 0 unspecified atom stereocenters. The van der Waals surface area contributed by atoms with Crippen molar-refractivity contribution in [1.82, 2.24) is 14.9 Å². The molecule has 1 aromatic carbocycles. The SMILES string of the molecule is COC(=O)CCCn1c([C@@H](C)NCC(C)C)nc2ccccc2c1=O. The third-order valence-corrected chi connectivity index (χ3v) is 4.10. The van der Waals surface area contributed by atoms with Gasteiger partial charge >= 0.3 is 5.97 Å². The first-order valence-electron chi connectivity index (χ1n) is 8.73. The van der Waals surface area contributed by atoms with Crippen molar-refractivity contribution >= 4 is 16.9 Å². The molecule has 6 heteroatoms. The molecule has 25 heavy (non-hydrogen) atoms. The quantitative estimate of drug-likeness (QED) is 0.745. The van der Waals surface area contributed by atoms with E-state index in [-0.39, 0.29) is 24.0 Å². The van der Waals surface area contributed by atoms with E-state index in [4.69, 9.17) is 4.98 Å². The number of fused-ring (bicyclic) bond motifs is 1. The fourth-order valence-electron chi connectivity index (χ4n) is 2.72. The number of hydrogen-bond acceptors (Lipinski definition) is 5. The zero-order valence-electron chi connectivity index (χ0n) is 15.4. The van der Waals surface area contributed by atoms with E-state index >= 15 is 0 Å². The number of hydrogen-bond donors (Lipinski definition) is 1. The Labute approximate surface area is 148 Å². The van der Waals surface area contributed by atoms with Crippen molar-refractivity contribution in [2.45, 2.75) is 46.2 Å². The Bertz CT molecular complexity index is 783. The van der Waals surface area contributed by atoms with Gasteiger partial charge in [-0.15, -0.1) is 0 Å². The van der Waals surface area contributed by atoms with Crippen molar-refractivity contribution in [3.8, 4) is 0 Å². The fourth-order valence-corrected chi connectivity index (χ4v) is 2.72. The Balaban J connectivity index is 2.36. The van der Waals surface area contributed by atoms with Crippen LogP contribution in [0.25, 0.3) is 10.9 Å². The maximum Gasteiger partial charge on any atom is 0.305 e. The highest BCUT2D eigenvalue weighted by molar-refractivity contribution is 5.77. The second kappa shape index (κ2) is 8.76. The van der Waals surface area contributed by atoms with Crippen LogP contribution in [-0.2, 0) is 16.1 Å². The van der Waals surface area contributed by atoms with Gasteiger partial charge in [-0.3, -0.25) is 14.2 Å². The average Bonchev–Trinajstić information content (AvgIpc) is 2.61. The summed E-state index contributed by atoms with van der Waals surface area (Å²) in [4.78, 5) is 29.0. The minimum Gasteiger partial charge on any atom is -0.469 e. The normalized spacial score (nSPS) is 12.5. The predicted octanol–water partition coefficient (Wildman–Crippen LogP) is 2.66. The van der Waals surface area contributed by atoms with Crippen LogP contribution in [0.3, 0.4) is 0 Å². The molecule has 1 heterocycles. The maximum absolute atomic E-state index is 12.9. The molecule has 1 N–H and O–H groups in total. The molecule has 0 fully saturated rings. The van der Waals surface area contributed by atoms with Crippen molar-refractivity contribution in [3.63, 3.8) is 0 Å². The third kappa shape index (κ3) is 4.89. The summed E-state index contributed by atoms with van der Waals surface area (Å²) in [6.07, 6.45) is 0.819. The van der Waals surface area contributed by atoms with Crippen LogP contribution in [0.4, 0.5) is 0 Å². The van der Waals surface area contributed by atoms with Crippen LogP contribution in [0.15, 0.2) is 29.1 Å². The molecule has 2 rings (SSSR count). The number of carbonyl (C=O) groups is 1. The molecule has 0 aliphatic heterocycles. The van der Waals surface area contributed by atoms with Crippen LogP contribution < -0.4 is 10.9 Å². The number of esters is 1. The number of nitrogens with zero attached hydrogens (tertiary/aromatic N) is 2. The zero-order chi connectivity index (χ0) is 18.4. The smallest absolute Gasteiger partial charge is 0.305 e. The van der Waals surface area contributed by atoms with Crippen LogP contribution >= 0.6 is 0 Å². The van der Waals surface area contributed by atoms with E-state index in [2.05, 4.69) is 23.9 Å². The molecule has 0 radical (unpaired) electrons. The lowest BCUT2D eigenvalue weighted by atomic mass is 10.2. The second-order valence-corrected chi connectivity index (χ2v) is 6.65. The summed E-state index contributed by atoms with van der Waals surface area (Å²) in [5, 5.41) is 4.02. The fraction of sp³-hybridized carbons (Fsp3) is 0.526. The highest BCUT2D eigenvalue weighted by Gasteiger charge is 2.16. The standard InChI is InChI=1S/C19H27N3O3/c1-13(2)12-20-14(3)18-21-16-9-6-5-8-15(16)19(24)22(18)11-7-10-17(23)25-4/h5-6,8-9,13-14,20H,7,10-12H2,1-4H3/t14-/m1/s1. The first kappa shape index (κ1) is 19.1. The van der Waals surface area contributed by atoms with Crippen LogP contribution in [0, 0.1) is 5.92 Å². The summed E-state index contributed by atoms with van der Waals surface area (Å²) in [7, 11) is 1.37. The van der Waals surface area contributed by atoms with Crippen molar-refractivity contribution in [1.29, 1.82) is 0 Å². The lowest BCUT2D eigenvalue weighted by Crippen LogP contribution is -2.32. The Morgan fingerprint density at radius 3 is 2.68 bits per heavy atom. The van der Waals surface area contributed by atoms with Gasteiger partial charge < -0.3 is 10.1 Å². The van der Waals surface area contributed by atoms with Gasteiger partial charge in [0.1, 0.15) is 5.82 Å². The van der Waals surface area contributed by atoms with Gasteiger partial charge in [0, 0.05) is 13.0 Å². The highest BCUT2D eigenvalue weighted by Crippen LogP contribution is 2.15. The first-order chi connectivity index (χ1) is 11.9. The van der Waals surface area contributed by atoms with Crippen LogP contribution in [0.5, 0.6) is 0 Å². The molecular formula is C19H27N3O3. The monoisotopic (exact) mass is 345 g/mol. The molecular weight excluding hydrogens is 318 g/mol. The molecule has 136 valence electrons.